The average molecular weight is 342 g/mol. The molecule has 2 saturated heterocycles. The molecule has 0 saturated carbocycles. The monoisotopic (exact) mass is 341 g/mol. The van der Waals surface area contributed by atoms with Gasteiger partial charge in [0.25, 0.3) is 0 Å². The van der Waals surface area contributed by atoms with Gasteiger partial charge >= 0.3 is 0 Å². The Morgan fingerprint density at radius 1 is 0.917 bits per heavy atom. The molecule has 0 amide bonds. The van der Waals surface area contributed by atoms with Crippen LogP contribution in [0.2, 0.25) is 5.02 Å². The Labute approximate surface area is 149 Å². The van der Waals surface area contributed by atoms with Crippen molar-refractivity contribution in [3.8, 4) is 0 Å². The summed E-state index contributed by atoms with van der Waals surface area (Å²) in [4.78, 5) is 2.56. The van der Waals surface area contributed by atoms with Gasteiger partial charge in [-0.15, -0.1) is 0 Å². The quantitative estimate of drug-likeness (QED) is 0.769. The highest BCUT2D eigenvalue weighted by Crippen LogP contribution is 2.38. The van der Waals surface area contributed by atoms with Gasteiger partial charge in [0.05, 0.1) is 6.10 Å². The van der Waals surface area contributed by atoms with Crippen molar-refractivity contribution in [2.45, 2.75) is 50.0 Å². The molecule has 4 rings (SSSR count). The van der Waals surface area contributed by atoms with E-state index in [4.69, 9.17) is 16.3 Å². The maximum absolute atomic E-state index is 6.66. The third-order valence-electron chi connectivity index (χ3n) is 5.66. The van der Waals surface area contributed by atoms with Gasteiger partial charge in [-0.1, -0.05) is 54.1 Å². The van der Waals surface area contributed by atoms with E-state index in [0.717, 1.165) is 17.9 Å². The fraction of sp³-hybridized carbons (Fsp3) is 0.429. The lowest BCUT2D eigenvalue weighted by atomic mass is 9.97. The van der Waals surface area contributed by atoms with Crippen molar-refractivity contribution in [2.75, 3.05) is 7.05 Å². The fourth-order valence-corrected chi connectivity index (χ4v) is 4.41. The maximum Gasteiger partial charge on any atom is 0.108 e. The topological polar surface area (TPSA) is 12.5 Å². The summed E-state index contributed by atoms with van der Waals surface area (Å²) in [5, 5.41) is 0.767. The summed E-state index contributed by atoms with van der Waals surface area (Å²) >= 11 is 6.07. The van der Waals surface area contributed by atoms with Crippen molar-refractivity contribution in [1.29, 1.82) is 0 Å². The highest BCUT2D eigenvalue weighted by molar-refractivity contribution is 6.30. The molecule has 0 unspecified atom stereocenters. The third-order valence-corrected chi connectivity index (χ3v) is 5.91. The predicted octanol–water partition coefficient (Wildman–Crippen LogP) is 5.07. The van der Waals surface area contributed by atoms with Crippen molar-refractivity contribution < 1.29 is 4.74 Å². The van der Waals surface area contributed by atoms with E-state index >= 15 is 0 Å². The highest BCUT2D eigenvalue weighted by Gasteiger charge is 2.39. The van der Waals surface area contributed by atoms with Crippen molar-refractivity contribution in [3.63, 3.8) is 0 Å². The second-order valence-electron chi connectivity index (χ2n) is 7.12. The van der Waals surface area contributed by atoms with Crippen LogP contribution in [0.3, 0.4) is 0 Å². The van der Waals surface area contributed by atoms with Crippen LogP contribution in [-0.4, -0.2) is 30.1 Å². The molecule has 2 bridgehead atoms. The lowest BCUT2D eigenvalue weighted by Crippen LogP contribution is -2.43. The van der Waals surface area contributed by atoms with E-state index in [2.05, 4.69) is 54.4 Å². The molecule has 0 aromatic heterocycles. The van der Waals surface area contributed by atoms with Crippen molar-refractivity contribution in [3.05, 3.63) is 70.7 Å². The molecule has 2 aromatic carbocycles. The van der Waals surface area contributed by atoms with Crippen LogP contribution in [0.5, 0.6) is 0 Å². The van der Waals surface area contributed by atoms with Crippen LogP contribution in [-0.2, 0) is 4.74 Å². The molecule has 2 heterocycles. The Hall–Kier alpha value is -1.35. The van der Waals surface area contributed by atoms with E-state index in [1.54, 1.807) is 0 Å². The van der Waals surface area contributed by atoms with Gasteiger partial charge in [0.1, 0.15) is 6.10 Å². The van der Waals surface area contributed by atoms with Gasteiger partial charge in [-0.05, 0) is 56.0 Å². The smallest absolute Gasteiger partial charge is 0.108 e. The number of nitrogens with zero attached hydrogens (tertiary/aromatic N) is 1. The van der Waals surface area contributed by atoms with Gasteiger partial charge in [0.2, 0.25) is 0 Å². The van der Waals surface area contributed by atoms with Crippen LogP contribution in [0, 0.1) is 0 Å². The molecule has 24 heavy (non-hydrogen) atoms. The number of hydrogen-bond donors (Lipinski definition) is 0. The van der Waals surface area contributed by atoms with Crippen LogP contribution in [0.15, 0.2) is 54.6 Å². The first-order valence-electron chi connectivity index (χ1n) is 8.88. The molecule has 2 nitrogen and oxygen atoms in total. The molecule has 126 valence electrons. The molecule has 2 fully saturated rings. The van der Waals surface area contributed by atoms with E-state index in [-0.39, 0.29) is 6.10 Å². The number of hydrogen-bond acceptors (Lipinski definition) is 2. The van der Waals surface area contributed by atoms with Gasteiger partial charge in [-0.3, -0.25) is 0 Å². The molecule has 2 aliphatic heterocycles. The van der Waals surface area contributed by atoms with Crippen LogP contribution < -0.4 is 0 Å². The molecule has 2 aliphatic rings. The fourth-order valence-electron chi connectivity index (χ4n) is 4.28. The second kappa shape index (κ2) is 6.87. The van der Waals surface area contributed by atoms with Gasteiger partial charge < -0.3 is 9.64 Å². The van der Waals surface area contributed by atoms with E-state index in [9.17, 15) is 0 Å². The number of ether oxygens (including phenoxy) is 1. The molecular weight excluding hydrogens is 318 g/mol. The van der Waals surface area contributed by atoms with Gasteiger partial charge in [-0.25, -0.2) is 0 Å². The summed E-state index contributed by atoms with van der Waals surface area (Å²) in [6.07, 6.45) is 5.24. The van der Waals surface area contributed by atoms with Crippen molar-refractivity contribution >= 4 is 11.6 Å². The molecule has 3 heteroatoms. The Kier molecular flexibility index (Phi) is 4.62. The molecule has 0 N–H and O–H groups in total. The van der Waals surface area contributed by atoms with Crippen LogP contribution in [0.1, 0.15) is 42.9 Å². The molecule has 3 atom stereocenters. The normalized spacial score (nSPS) is 28.0. The number of halogens is 1. The molecule has 0 radical (unpaired) electrons. The molecule has 0 spiro atoms. The molecular formula is C21H24ClNO. The minimum Gasteiger partial charge on any atom is -0.365 e. The maximum atomic E-state index is 6.66. The van der Waals surface area contributed by atoms with Gasteiger partial charge in [0, 0.05) is 17.1 Å². The van der Waals surface area contributed by atoms with Crippen LogP contribution >= 0.6 is 11.6 Å². The van der Waals surface area contributed by atoms with Crippen molar-refractivity contribution in [2.24, 2.45) is 0 Å². The lowest BCUT2D eigenvalue weighted by Gasteiger charge is -2.38. The molecule has 2 aromatic rings. The zero-order valence-electron chi connectivity index (χ0n) is 14.1. The summed E-state index contributed by atoms with van der Waals surface area (Å²) in [6.45, 7) is 0. The number of benzene rings is 2. The minimum atomic E-state index is -0.0173. The summed E-state index contributed by atoms with van der Waals surface area (Å²) in [6, 6.07) is 20.0. The van der Waals surface area contributed by atoms with Crippen LogP contribution in [0.25, 0.3) is 0 Å². The first-order chi connectivity index (χ1) is 11.7. The van der Waals surface area contributed by atoms with E-state index in [0.29, 0.717) is 18.2 Å². The summed E-state index contributed by atoms with van der Waals surface area (Å²) < 4.78 is 6.66. The first kappa shape index (κ1) is 16.1. The SMILES string of the molecule is CN1[C@@H]2CC[C@@H]1CC(O[C@@H](c1ccccc1)c1ccc(Cl)cc1)C2. The highest BCUT2D eigenvalue weighted by atomic mass is 35.5. The Bertz CT molecular complexity index is 658. The van der Waals surface area contributed by atoms with Crippen molar-refractivity contribution in [1.82, 2.24) is 4.90 Å². The summed E-state index contributed by atoms with van der Waals surface area (Å²) in [5.74, 6) is 0. The Morgan fingerprint density at radius 2 is 1.50 bits per heavy atom. The second-order valence-corrected chi connectivity index (χ2v) is 7.56. The predicted molar refractivity (Wildman–Crippen MR) is 98.4 cm³/mol. The Balaban J connectivity index is 1.58. The summed E-state index contributed by atoms with van der Waals surface area (Å²) in [5.41, 5.74) is 2.39. The number of piperidine rings is 1. The minimum absolute atomic E-state index is 0.0173. The number of fused-ring (bicyclic) bond motifs is 2. The van der Waals surface area contributed by atoms with Gasteiger partial charge in [-0.2, -0.15) is 0 Å². The van der Waals surface area contributed by atoms with E-state index in [1.165, 1.54) is 24.0 Å². The molecule has 0 aliphatic carbocycles. The first-order valence-corrected chi connectivity index (χ1v) is 9.26. The standard InChI is InChI=1S/C21H24ClNO/c1-23-18-11-12-19(23)14-20(13-18)24-21(15-5-3-2-4-6-15)16-7-9-17(22)10-8-16/h2-10,18-21H,11-14H2,1H3/t18-,19-,21+/m1/s1. The lowest BCUT2D eigenvalue weighted by molar-refractivity contribution is -0.0426. The van der Waals surface area contributed by atoms with E-state index < -0.39 is 0 Å². The van der Waals surface area contributed by atoms with Crippen LogP contribution in [0.4, 0.5) is 0 Å². The zero-order chi connectivity index (χ0) is 16.5. The zero-order valence-corrected chi connectivity index (χ0v) is 14.8. The Morgan fingerprint density at radius 3 is 2.12 bits per heavy atom. The van der Waals surface area contributed by atoms with Gasteiger partial charge in [0.15, 0.2) is 0 Å². The number of rotatable bonds is 4. The average Bonchev–Trinajstić information content (AvgIpc) is 2.83. The third kappa shape index (κ3) is 3.23. The summed E-state index contributed by atoms with van der Waals surface area (Å²) in [7, 11) is 2.27. The largest absolute Gasteiger partial charge is 0.365 e. The van der Waals surface area contributed by atoms with E-state index in [1.807, 2.05) is 12.1 Å².